The first-order valence-corrected chi connectivity index (χ1v) is 12.7. The Kier molecular flexibility index (Phi) is 9.20. The molecule has 0 aromatic heterocycles. The third-order valence-corrected chi connectivity index (χ3v) is 6.83. The summed E-state index contributed by atoms with van der Waals surface area (Å²) in [6.45, 7) is 1.51. The molecule has 0 saturated carbocycles. The van der Waals surface area contributed by atoms with Gasteiger partial charge in [-0.1, -0.05) is 41.9 Å². The number of halogens is 1. The molecule has 2 rings (SSSR count). The first-order chi connectivity index (χ1) is 14.2. The van der Waals surface area contributed by atoms with Gasteiger partial charge in [0.1, 0.15) is 6.54 Å². The maximum Gasteiger partial charge on any atom is 0.240 e. The van der Waals surface area contributed by atoms with Crippen molar-refractivity contribution in [2.24, 2.45) is 0 Å². The molecule has 2 aromatic carbocycles. The summed E-state index contributed by atoms with van der Waals surface area (Å²) in [7, 11) is -3.68. The zero-order valence-electron chi connectivity index (χ0n) is 16.9. The molecule has 0 radical (unpaired) electrons. The third kappa shape index (κ3) is 7.66. The number of nitrogens with one attached hydrogen (secondary N) is 1. The molecular formula is C21H25ClN2O4S2. The number of ketones is 1. The minimum absolute atomic E-state index is 0.177. The summed E-state index contributed by atoms with van der Waals surface area (Å²) in [6, 6.07) is 13.9. The molecule has 0 spiro atoms. The molecule has 0 bridgehead atoms. The lowest BCUT2D eigenvalue weighted by molar-refractivity contribution is -0.119. The zero-order chi connectivity index (χ0) is 22.1. The summed E-state index contributed by atoms with van der Waals surface area (Å²) >= 11 is 7.84. The molecule has 9 heteroatoms. The quantitative estimate of drug-likeness (QED) is 0.401. The number of Topliss-reactive ketones (excluding diaryl/α,β-unsaturated/α-hetero) is 1. The van der Waals surface area contributed by atoms with Gasteiger partial charge in [-0.05, 0) is 42.9 Å². The number of sulfonamides is 1. The van der Waals surface area contributed by atoms with Crippen LogP contribution in [0.3, 0.4) is 0 Å². The highest BCUT2D eigenvalue weighted by atomic mass is 35.5. The van der Waals surface area contributed by atoms with Crippen LogP contribution in [0, 0.1) is 0 Å². The molecule has 0 atom stereocenters. The monoisotopic (exact) mass is 468 g/mol. The second-order valence-electron chi connectivity index (χ2n) is 6.72. The van der Waals surface area contributed by atoms with Crippen LogP contribution in [0.4, 0.5) is 5.69 Å². The second kappa shape index (κ2) is 11.4. The topological polar surface area (TPSA) is 83.6 Å². The summed E-state index contributed by atoms with van der Waals surface area (Å²) < 4.78 is 25.3. The molecule has 2 aromatic rings. The Labute approximate surface area is 187 Å². The zero-order valence-corrected chi connectivity index (χ0v) is 19.3. The number of hydrogen-bond acceptors (Lipinski definition) is 5. The Morgan fingerprint density at radius 3 is 2.53 bits per heavy atom. The van der Waals surface area contributed by atoms with Crippen molar-refractivity contribution in [1.29, 1.82) is 0 Å². The standard InChI is InChI=1S/C21H25ClN2O4S2/c1-16(25)17-8-5-9-19(13-17)24(30(2,27)28)14-21(26)23-11-6-12-29-15-18-7-3-4-10-20(18)22/h3-5,7-10,13H,6,11-12,14-15H2,1-2H3,(H,23,26). The number of rotatable bonds is 11. The number of benzene rings is 2. The van der Waals surface area contributed by atoms with Crippen LogP contribution in [0.5, 0.6) is 0 Å². The fourth-order valence-electron chi connectivity index (χ4n) is 2.67. The number of carbonyl (C=O) groups is 2. The van der Waals surface area contributed by atoms with Crippen molar-refractivity contribution in [1.82, 2.24) is 5.32 Å². The van der Waals surface area contributed by atoms with E-state index < -0.39 is 15.9 Å². The van der Waals surface area contributed by atoms with Crippen molar-refractivity contribution in [3.05, 3.63) is 64.7 Å². The van der Waals surface area contributed by atoms with Crippen molar-refractivity contribution in [2.45, 2.75) is 19.1 Å². The minimum Gasteiger partial charge on any atom is -0.354 e. The maximum absolute atomic E-state index is 12.3. The molecular weight excluding hydrogens is 444 g/mol. The van der Waals surface area contributed by atoms with E-state index in [2.05, 4.69) is 5.32 Å². The van der Waals surface area contributed by atoms with Gasteiger partial charge in [0.25, 0.3) is 0 Å². The Hall–Kier alpha value is -2.03. The molecule has 0 heterocycles. The molecule has 0 aliphatic carbocycles. The van der Waals surface area contributed by atoms with E-state index in [1.807, 2.05) is 24.3 Å². The molecule has 6 nitrogen and oxygen atoms in total. The van der Waals surface area contributed by atoms with Crippen LogP contribution >= 0.6 is 23.4 Å². The lowest BCUT2D eigenvalue weighted by Gasteiger charge is -2.22. The van der Waals surface area contributed by atoms with Crippen LogP contribution in [0.15, 0.2) is 48.5 Å². The van der Waals surface area contributed by atoms with Gasteiger partial charge in [-0.15, -0.1) is 0 Å². The highest BCUT2D eigenvalue weighted by Gasteiger charge is 2.21. The van der Waals surface area contributed by atoms with E-state index >= 15 is 0 Å². The van der Waals surface area contributed by atoms with E-state index in [-0.39, 0.29) is 18.0 Å². The van der Waals surface area contributed by atoms with E-state index in [0.717, 1.165) is 39.1 Å². The summed E-state index contributed by atoms with van der Waals surface area (Å²) in [5.74, 6) is 1.05. The molecule has 30 heavy (non-hydrogen) atoms. The van der Waals surface area contributed by atoms with Crippen molar-refractivity contribution in [3.8, 4) is 0 Å². The molecule has 0 fully saturated rings. The van der Waals surface area contributed by atoms with Gasteiger partial charge in [0.15, 0.2) is 5.78 Å². The van der Waals surface area contributed by atoms with Crippen molar-refractivity contribution in [3.63, 3.8) is 0 Å². The van der Waals surface area contributed by atoms with E-state index in [1.165, 1.54) is 13.0 Å². The number of nitrogens with zero attached hydrogens (tertiary/aromatic N) is 1. The van der Waals surface area contributed by atoms with Crippen LogP contribution in [0.25, 0.3) is 0 Å². The summed E-state index contributed by atoms with van der Waals surface area (Å²) in [6.07, 6.45) is 1.78. The molecule has 0 saturated heterocycles. The van der Waals surface area contributed by atoms with Crippen LogP contribution in [0.1, 0.15) is 29.3 Å². The Morgan fingerprint density at radius 1 is 1.13 bits per heavy atom. The van der Waals surface area contributed by atoms with Gasteiger partial charge in [-0.25, -0.2) is 8.42 Å². The van der Waals surface area contributed by atoms with Crippen LogP contribution in [-0.2, 0) is 20.6 Å². The fourth-order valence-corrected chi connectivity index (χ4v) is 4.76. The van der Waals surface area contributed by atoms with Gasteiger partial charge in [0, 0.05) is 22.9 Å². The van der Waals surface area contributed by atoms with E-state index in [4.69, 9.17) is 11.6 Å². The summed E-state index contributed by atoms with van der Waals surface area (Å²) in [5, 5.41) is 3.49. The Bertz CT molecular complexity index is 996. The highest BCUT2D eigenvalue weighted by molar-refractivity contribution is 7.98. The van der Waals surface area contributed by atoms with Crippen LogP contribution < -0.4 is 9.62 Å². The lowest BCUT2D eigenvalue weighted by atomic mass is 10.1. The van der Waals surface area contributed by atoms with E-state index in [0.29, 0.717) is 12.1 Å². The van der Waals surface area contributed by atoms with Crippen molar-refractivity contribution in [2.75, 3.05) is 29.4 Å². The summed E-state index contributed by atoms with van der Waals surface area (Å²) in [5.41, 5.74) is 1.75. The van der Waals surface area contributed by atoms with Gasteiger partial charge < -0.3 is 5.32 Å². The predicted molar refractivity (Wildman–Crippen MR) is 124 cm³/mol. The smallest absolute Gasteiger partial charge is 0.240 e. The van der Waals surface area contributed by atoms with Gasteiger partial charge in [0.05, 0.1) is 11.9 Å². The lowest BCUT2D eigenvalue weighted by Crippen LogP contribution is -2.40. The molecule has 162 valence electrons. The van der Waals surface area contributed by atoms with E-state index in [9.17, 15) is 18.0 Å². The molecule has 0 unspecified atom stereocenters. The van der Waals surface area contributed by atoms with Gasteiger partial charge in [-0.2, -0.15) is 11.8 Å². The SMILES string of the molecule is CC(=O)c1cccc(N(CC(=O)NCCCSCc2ccccc2Cl)S(C)(=O)=O)c1. The Morgan fingerprint density at radius 2 is 1.87 bits per heavy atom. The van der Waals surface area contributed by atoms with Gasteiger partial charge in [-0.3, -0.25) is 13.9 Å². The normalized spacial score (nSPS) is 11.2. The van der Waals surface area contributed by atoms with Crippen LogP contribution in [-0.4, -0.2) is 45.2 Å². The minimum atomic E-state index is -3.68. The number of hydrogen-bond donors (Lipinski definition) is 1. The van der Waals surface area contributed by atoms with Gasteiger partial charge in [0.2, 0.25) is 15.9 Å². The van der Waals surface area contributed by atoms with Crippen LogP contribution in [0.2, 0.25) is 5.02 Å². The van der Waals surface area contributed by atoms with Crippen molar-refractivity contribution < 1.29 is 18.0 Å². The molecule has 1 amide bonds. The second-order valence-corrected chi connectivity index (χ2v) is 10.1. The first kappa shape index (κ1) is 24.2. The first-order valence-electron chi connectivity index (χ1n) is 9.35. The number of carbonyl (C=O) groups excluding carboxylic acids is 2. The average molecular weight is 469 g/mol. The average Bonchev–Trinajstić information content (AvgIpc) is 2.69. The predicted octanol–water partition coefficient (Wildman–Crippen LogP) is 3.75. The Balaban J connectivity index is 1.83. The van der Waals surface area contributed by atoms with Gasteiger partial charge >= 0.3 is 0 Å². The highest BCUT2D eigenvalue weighted by Crippen LogP contribution is 2.21. The number of anilines is 1. The van der Waals surface area contributed by atoms with E-state index in [1.54, 1.807) is 30.0 Å². The molecule has 0 aliphatic rings. The molecule has 1 N–H and O–H groups in total. The largest absolute Gasteiger partial charge is 0.354 e. The maximum atomic E-state index is 12.3. The third-order valence-electron chi connectivity index (χ3n) is 4.23. The molecule has 0 aliphatic heterocycles. The summed E-state index contributed by atoms with van der Waals surface area (Å²) in [4.78, 5) is 23.9. The number of amides is 1. The number of thioether (sulfide) groups is 1. The van der Waals surface area contributed by atoms with Crippen molar-refractivity contribution >= 4 is 50.8 Å². The fraction of sp³-hybridized carbons (Fsp3) is 0.333.